The van der Waals surface area contributed by atoms with Gasteiger partial charge in [0.15, 0.2) is 0 Å². The lowest BCUT2D eigenvalue weighted by atomic mass is 9.43. The minimum atomic E-state index is -4.23. The second-order valence-corrected chi connectivity index (χ2v) is 17.5. The van der Waals surface area contributed by atoms with Gasteiger partial charge in [-0.1, -0.05) is 20.8 Å². The fourth-order valence-corrected chi connectivity index (χ4v) is 11.1. The summed E-state index contributed by atoms with van der Waals surface area (Å²) in [5, 5.41) is 46.5. The molecule has 0 spiro atoms. The van der Waals surface area contributed by atoms with Crippen LogP contribution in [0, 0.1) is 46.3 Å². The van der Waals surface area contributed by atoms with E-state index in [0.29, 0.717) is 48.7 Å². The van der Waals surface area contributed by atoms with Crippen molar-refractivity contribution in [3.05, 3.63) is 0 Å². The summed E-state index contributed by atoms with van der Waals surface area (Å²) in [6.45, 7) is 8.10. The van der Waals surface area contributed by atoms with Gasteiger partial charge in [0.1, 0.15) is 18.4 Å². The summed E-state index contributed by atoms with van der Waals surface area (Å²) in [4.78, 5) is 12.7. The van der Waals surface area contributed by atoms with E-state index >= 15 is 0 Å². The number of nitrogens with zero attached hydrogens (tertiary/aromatic N) is 1. The van der Waals surface area contributed by atoms with E-state index in [1.807, 2.05) is 14.1 Å². The first-order chi connectivity index (χ1) is 19.9. The second-order valence-electron chi connectivity index (χ2n) is 16.0. The monoisotopic (exact) mass is 631 g/mol. The third-order valence-electron chi connectivity index (χ3n) is 12.7. The molecule has 4 fully saturated rings. The van der Waals surface area contributed by atoms with Gasteiger partial charge in [0.2, 0.25) is 5.91 Å². The zero-order valence-corrected chi connectivity index (χ0v) is 27.8. The number of aliphatic hydroxyl groups is 4. The van der Waals surface area contributed by atoms with Crippen molar-refractivity contribution >= 4 is 16.0 Å². The zero-order chi connectivity index (χ0) is 32.0. The molecule has 0 unspecified atom stereocenters. The molecule has 6 N–H and O–H groups in total. The van der Waals surface area contributed by atoms with E-state index in [4.69, 9.17) is 4.55 Å². The van der Waals surface area contributed by atoms with E-state index in [2.05, 4.69) is 26.1 Å². The minimum Gasteiger partial charge on any atom is -0.393 e. The second kappa shape index (κ2) is 13.1. The molecule has 1 amide bonds. The Hall–Kier alpha value is -0.820. The van der Waals surface area contributed by atoms with Gasteiger partial charge in [0.05, 0.1) is 39.0 Å². The molecule has 0 heterocycles. The van der Waals surface area contributed by atoms with Crippen LogP contribution in [-0.4, -0.2) is 108 Å². The van der Waals surface area contributed by atoms with E-state index < -0.39 is 28.1 Å². The summed E-state index contributed by atoms with van der Waals surface area (Å²) in [6.07, 6.45) is 5.56. The van der Waals surface area contributed by atoms with Crippen molar-refractivity contribution in [1.82, 2.24) is 5.32 Å². The third-order valence-corrected chi connectivity index (χ3v) is 13.5. The molecule has 12 atom stereocenters. The molecule has 10 nitrogen and oxygen atoms in total. The van der Waals surface area contributed by atoms with Gasteiger partial charge in [-0.15, -0.1) is 0 Å². The normalized spacial score (nSPS) is 41.1. The molecule has 0 aromatic carbocycles. The van der Waals surface area contributed by atoms with Crippen LogP contribution in [0.15, 0.2) is 0 Å². The van der Waals surface area contributed by atoms with Gasteiger partial charge in [-0.2, -0.15) is 8.42 Å². The Morgan fingerprint density at radius 1 is 1.05 bits per heavy atom. The Balaban J connectivity index is 1.27. The maximum Gasteiger partial charge on any atom is 0.267 e. The Morgan fingerprint density at radius 2 is 1.74 bits per heavy atom. The number of amides is 1. The van der Waals surface area contributed by atoms with E-state index in [1.165, 1.54) is 0 Å². The highest BCUT2D eigenvalue weighted by atomic mass is 32.2. The smallest absolute Gasteiger partial charge is 0.267 e. The predicted molar refractivity (Wildman–Crippen MR) is 164 cm³/mol. The first-order valence-corrected chi connectivity index (χ1v) is 18.2. The van der Waals surface area contributed by atoms with Crippen LogP contribution in [0.3, 0.4) is 0 Å². The van der Waals surface area contributed by atoms with Gasteiger partial charge < -0.3 is 30.2 Å². The van der Waals surface area contributed by atoms with Crippen molar-refractivity contribution in [3.63, 3.8) is 0 Å². The number of carbonyl (C=O) groups is 1. The molecule has 4 saturated carbocycles. The van der Waals surface area contributed by atoms with Crippen LogP contribution in [-0.2, 0) is 14.9 Å². The number of fused-ring (bicyclic) bond motifs is 5. The van der Waals surface area contributed by atoms with Crippen molar-refractivity contribution < 1.29 is 42.7 Å². The summed E-state index contributed by atoms with van der Waals surface area (Å²) >= 11 is 0. The number of quaternary nitrogens is 1. The van der Waals surface area contributed by atoms with E-state index in [0.717, 1.165) is 44.9 Å². The maximum absolute atomic E-state index is 12.7. The average molecular weight is 632 g/mol. The Labute approximate surface area is 259 Å². The van der Waals surface area contributed by atoms with Crippen LogP contribution in [0.4, 0.5) is 0 Å². The third kappa shape index (κ3) is 7.60. The van der Waals surface area contributed by atoms with E-state index in [1.54, 1.807) is 0 Å². The van der Waals surface area contributed by atoms with Crippen LogP contribution >= 0.6 is 0 Å². The van der Waals surface area contributed by atoms with Crippen LogP contribution in [0.5, 0.6) is 0 Å². The SMILES string of the molecule is C[C@H](CCC(=O)NCCC[N+](C)(C)C[C@H](O)CS(=O)(=O)O)[C@H]1CC[C@H]2[C@@H]3[C@H](O)C[C@H]4C[C@@H](O)CC[C@]4(C)[C@H]3C[C@@H](O)[C@]12C. The average Bonchev–Trinajstić information content (AvgIpc) is 3.24. The van der Waals surface area contributed by atoms with Crippen molar-refractivity contribution in [2.24, 2.45) is 46.3 Å². The van der Waals surface area contributed by atoms with Crippen LogP contribution in [0.25, 0.3) is 0 Å². The number of hydrogen-bond donors (Lipinski definition) is 6. The summed E-state index contributed by atoms with van der Waals surface area (Å²) in [5.41, 5.74) is -0.222. The molecule has 0 aliphatic heterocycles. The van der Waals surface area contributed by atoms with Crippen molar-refractivity contribution in [3.8, 4) is 0 Å². The number of likely N-dealkylation sites (N-methyl/N-ethyl adjacent to an activating group) is 1. The lowest BCUT2D eigenvalue weighted by Gasteiger charge is -2.63. The van der Waals surface area contributed by atoms with Gasteiger partial charge in [-0.25, -0.2) is 0 Å². The molecule has 4 aliphatic carbocycles. The summed E-state index contributed by atoms with van der Waals surface area (Å²) in [5.74, 6) is 0.890. The zero-order valence-electron chi connectivity index (χ0n) is 27.0. The fourth-order valence-electron chi connectivity index (χ4n) is 10.5. The Kier molecular flexibility index (Phi) is 10.7. The lowest BCUT2D eigenvalue weighted by Crippen LogP contribution is -2.62. The summed E-state index contributed by atoms with van der Waals surface area (Å²) in [6, 6.07) is 0. The topological polar surface area (TPSA) is 164 Å². The first kappa shape index (κ1) is 35.0. The highest BCUT2D eigenvalue weighted by molar-refractivity contribution is 7.85. The number of hydrogen-bond acceptors (Lipinski definition) is 7. The van der Waals surface area contributed by atoms with Crippen molar-refractivity contribution in [2.45, 2.75) is 109 Å². The highest BCUT2D eigenvalue weighted by Crippen LogP contribution is 2.68. The number of carbonyl (C=O) groups excluding carboxylic acids is 1. The standard InChI is InChI=1S/C32H58N2O8S/c1-20(7-10-29(39)33-13-6-14-34(4,5)18-23(36)19-43(40,41)42)24-8-9-25-30-26(17-28(38)32(24,25)3)31(2)12-11-22(35)15-21(31)16-27(30)37/h20-28,30,35-38H,6-19H2,1-5H3,(H-,33,39,40,41,42)/p+1/t20-,21-,22+,23+,24-,25+,26+,27-,28-,30+,31+,32-/m1/s1. The summed E-state index contributed by atoms with van der Waals surface area (Å²) < 4.78 is 31.3. The minimum absolute atomic E-state index is 0.00585. The summed E-state index contributed by atoms with van der Waals surface area (Å²) in [7, 11) is -0.484. The van der Waals surface area contributed by atoms with Gasteiger partial charge in [0.25, 0.3) is 10.1 Å². The molecule has 0 bridgehead atoms. The molecule has 4 aliphatic rings. The molecule has 0 radical (unpaired) electrons. The first-order valence-electron chi connectivity index (χ1n) is 16.6. The highest BCUT2D eigenvalue weighted by Gasteiger charge is 2.65. The molecular formula is C32H59N2O8S+. The molecule has 0 aromatic heterocycles. The molecule has 43 heavy (non-hydrogen) atoms. The van der Waals surface area contributed by atoms with Gasteiger partial charge in [-0.3, -0.25) is 9.35 Å². The van der Waals surface area contributed by atoms with Gasteiger partial charge >= 0.3 is 0 Å². The fraction of sp³-hybridized carbons (Fsp3) is 0.969. The molecule has 4 rings (SSSR count). The number of aliphatic hydroxyl groups excluding tert-OH is 4. The maximum atomic E-state index is 12.7. The van der Waals surface area contributed by atoms with E-state index in [-0.39, 0.29) is 59.2 Å². The number of rotatable bonds is 12. The Bertz CT molecular complexity index is 1090. The molecule has 0 aromatic rings. The van der Waals surface area contributed by atoms with E-state index in [9.17, 15) is 33.6 Å². The van der Waals surface area contributed by atoms with Crippen LogP contribution in [0.2, 0.25) is 0 Å². The quantitative estimate of drug-likeness (QED) is 0.108. The molecular weight excluding hydrogens is 572 g/mol. The molecule has 11 heteroatoms. The van der Waals surface area contributed by atoms with Gasteiger partial charge in [-0.05, 0) is 97.7 Å². The Morgan fingerprint density at radius 3 is 2.42 bits per heavy atom. The van der Waals surface area contributed by atoms with Gasteiger partial charge in [0, 0.05) is 19.4 Å². The van der Waals surface area contributed by atoms with Crippen molar-refractivity contribution in [2.75, 3.05) is 39.5 Å². The molecule has 0 saturated heterocycles. The van der Waals surface area contributed by atoms with Crippen LogP contribution < -0.4 is 5.32 Å². The van der Waals surface area contributed by atoms with Crippen LogP contribution in [0.1, 0.15) is 85.0 Å². The van der Waals surface area contributed by atoms with Crippen molar-refractivity contribution in [1.29, 1.82) is 0 Å². The molecule has 250 valence electrons. The lowest BCUT2D eigenvalue weighted by molar-refractivity contribution is -0.893. The largest absolute Gasteiger partial charge is 0.393 e. The predicted octanol–water partition coefficient (Wildman–Crippen LogP) is 2.20. The number of nitrogens with one attached hydrogen (secondary N) is 1.